The summed E-state index contributed by atoms with van der Waals surface area (Å²) in [7, 11) is 0. The highest BCUT2D eigenvalue weighted by atomic mass is 16.5. The maximum atomic E-state index is 10.6. The Kier molecular flexibility index (Phi) is 18.1. The minimum atomic E-state index is -0.758. The van der Waals surface area contributed by atoms with Crippen molar-refractivity contribution < 1.29 is 9.53 Å². The van der Waals surface area contributed by atoms with Gasteiger partial charge in [0.05, 0.1) is 6.61 Å². The normalized spacial score (nSPS) is 10.4. The molecule has 0 aromatic carbocycles. The molecule has 0 radical (unpaired) electrons. The van der Waals surface area contributed by atoms with Gasteiger partial charge in [0.15, 0.2) is 6.07 Å². The topological polar surface area (TPSA) is 50.1 Å². The predicted octanol–water partition coefficient (Wildman–Crippen LogP) is 6.31. The quantitative estimate of drug-likeness (QED) is 0.179. The maximum absolute atomic E-state index is 10.6. The van der Waals surface area contributed by atoms with Gasteiger partial charge in [0.2, 0.25) is 0 Å². The third kappa shape index (κ3) is 18.9. The number of hydrogen-bond donors (Lipinski definition) is 0. The molecular weight excluding hydrogens is 286 g/mol. The van der Waals surface area contributed by atoms with Gasteiger partial charge in [-0.15, -0.1) is 0 Å². The Morgan fingerprint density at radius 3 is 1.39 bits per heavy atom. The van der Waals surface area contributed by atoms with Crippen molar-refractivity contribution in [2.75, 3.05) is 6.61 Å². The summed E-state index contributed by atoms with van der Waals surface area (Å²) in [6, 6.07) is 1.46. The first kappa shape index (κ1) is 22.0. The van der Waals surface area contributed by atoms with Gasteiger partial charge in [0.1, 0.15) is 0 Å². The molecule has 0 aliphatic carbocycles. The number of carbonyl (C=O) groups is 1. The van der Waals surface area contributed by atoms with Crippen LogP contribution in [0.15, 0.2) is 0 Å². The van der Waals surface area contributed by atoms with E-state index in [-0.39, 0.29) is 0 Å². The van der Waals surface area contributed by atoms with E-state index >= 15 is 0 Å². The highest BCUT2D eigenvalue weighted by Gasteiger charge is 1.98. The van der Waals surface area contributed by atoms with Crippen LogP contribution >= 0.6 is 0 Å². The van der Waals surface area contributed by atoms with Gasteiger partial charge in [-0.05, 0) is 6.42 Å². The van der Waals surface area contributed by atoms with Crippen molar-refractivity contribution in [3.05, 3.63) is 0 Å². The molecular formula is C20H37NO2. The number of unbranched alkanes of at least 4 members (excludes halogenated alkanes) is 15. The average Bonchev–Trinajstić information content (AvgIpc) is 2.57. The third-order valence-electron chi connectivity index (χ3n) is 4.32. The maximum Gasteiger partial charge on any atom is 0.411 e. The molecule has 0 saturated carbocycles. The first-order valence-corrected chi connectivity index (χ1v) is 9.88. The highest BCUT2D eigenvalue weighted by molar-refractivity contribution is 5.85. The Morgan fingerprint density at radius 2 is 1.04 bits per heavy atom. The van der Waals surface area contributed by atoms with Gasteiger partial charge in [-0.2, -0.15) is 5.26 Å². The molecule has 0 spiro atoms. The zero-order valence-electron chi connectivity index (χ0n) is 15.3. The molecule has 0 unspecified atom stereocenters. The van der Waals surface area contributed by atoms with Crippen LogP contribution in [-0.4, -0.2) is 12.6 Å². The second-order valence-electron chi connectivity index (χ2n) is 6.55. The molecule has 0 heterocycles. The number of ether oxygens (including phenoxy) is 1. The first-order chi connectivity index (χ1) is 11.3. The largest absolute Gasteiger partial charge is 0.455 e. The molecule has 0 fully saturated rings. The van der Waals surface area contributed by atoms with E-state index < -0.39 is 5.97 Å². The van der Waals surface area contributed by atoms with Gasteiger partial charge < -0.3 is 4.74 Å². The van der Waals surface area contributed by atoms with Crippen LogP contribution in [0.4, 0.5) is 0 Å². The summed E-state index contributed by atoms with van der Waals surface area (Å²) in [5, 5.41) is 8.25. The fraction of sp³-hybridized carbons (Fsp3) is 0.900. The molecule has 3 heteroatoms. The Labute approximate surface area is 143 Å². The molecule has 0 aromatic rings. The van der Waals surface area contributed by atoms with Gasteiger partial charge in [0.25, 0.3) is 0 Å². The molecule has 0 rings (SSSR count). The summed E-state index contributed by atoms with van der Waals surface area (Å²) < 4.78 is 4.71. The van der Waals surface area contributed by atoms with Crippen molar-refractivity contribution in [3.8, 4) is 6.07 Å². The van der Waals surface area contributed by atoms with Crippen LogP contribution in [0.1, 0.15) is 110 Å². The van der Waals surface area contributed by atoms with Crippen LogP contribution in [0.2, 0.25) is 0 Å². The molecule has 0 atom stereocenters. The van der Waals surface area contributed by atoms with Crippen molar-refractivity contribution in [2.24, 2.45) is 0 Å². The van der Waals surface area contributed by atoms with Gasteiger partial charge in [0, 0.05) is 0 Å². The fourth-order valence-electron chi connectivity index (χ4n) is 2.85. The Hall–Kier alpha value is -1.04. The summed E-state index contributed by atoms with van der Waals surface area (Å²) >= 11 is 0. The number of rotatable bonds is 17. The minimum Gasteiger partial charge on any atom is -0.455 e. The summed E-state index contributed by atoms with van der Waals surface area (Å²) in [6.07, 6.45) is 21.3. The van der Waals surface area contributed by atoms with Crippen LogP contribution in [-0.2, 0) is 9.53 Å². The minimum absolute atomic E-state index is 0.394. The fourth-order valence-corrected chi connectivity index (χ4v) is 2.85. The first-order valence-electron chi connectivity index (χ1n) is 9.88. The summed E-state index contributed by atoms with van der Waals surface area (Å²) in [4.78, 5) is 10.6. The number of hydrogen-bond acceptors (Lipinski definition) is 3. The molecule has 0 aliphatic rings. The highest BCUT2D eigenvalue weighted by Crippen LogP contribution is 2.13. The van der Waals surface area contributed by atoms with Gasteiger partial charge in [-0.3, -0.25) is 0 Å². The van der Waals surface area contributed by atoms with Gasteiger partial charge >= 0.3 is 5.97 Å². The molecule has 3 nitrogen and oxygen atoms in total. The monoisotopic (exact) mass is 323 g/mol. The van der Waals surface area contributed by atoms with Crippen molar-refractivity contribution >= 4 is 5.97 Å². The average molecular weight is 324 g/mol. The standard InChI is InChI=1S/C20H37NO2/c1-2-3-4-5-6-7-8-9-10-11-12-13-14-15-16-17-18-23-20(22)19-21/h2-18H2,1H3. The van der Waals surface area contributed by atoms with E-state index in [1.165, 1.54) is 96.0 Å². The molecule has 134 valence electrons. The summed E-state index contributed by atoms with van der Waals surface area (Å²) in [5.41, 5.74) is 0. The smallest absolute Gasteiger partial charge is 0.411 e. The van der Waals surface area contributed by atoms with Crippen molar-refractivity contribution in [3.63, 3.8) is 0 Å². The van der Waals surface area contributed by atoms with Gasteiger partial charge in [-0.25, -0.2) is 4.79 Å². The lowest BCUT2D eigenvalue weighted by Gasteiger charge is -2.03. The molecule has 0 saturated heterocycles. The summed E-state index contributed by atoms with van der Waals surface area (Å²) in [5.74, 6) is -0.758. The van der Waals surface area contributed by atoms with Crippen molar-refractivity contribution in [1.82, 2.24) is 0 Å². The van der Waals surface area contributed by atoms with Crippen LogP contribution < -0.4 is 0 Å². The van der Waals surface area contributed by atoms with Crippen molar-refractivity contribution in [2.45, 2.75) is 110 Å². The van der Waals surface area contributed by atoms with Crippen molar-refractivity contribution in [1.29, 1.82) is 5.26 Å². The molecule has 0 aromatic heterocycles. The van der Waals surface area contributed by atoms with Crippen LogP contribution in [0.3, 0.4) is 0 Å². The van der Waals surface area contributed by atoms with E-state index in [0.717, 1.165) is 12.8 Å². The van der Waals surface area contributed by atoms with E-state index in [9.17, 15) is 4.79 Å². The molecule has 0 amide bonds. The molecule has 0 N–H and O–H groups in total. The number of carbonyl (C=O) groups excluding carboxylic acids is 1. The zero-order valence-corrected chi connectivity index (χ0v) is 15.3. The second-order valence-corrected chi connectivity index (χ2v) is 6.55. The zero-order chi connectivity index (χ0) is 17.0. The Morgan fingerprint density at radius 1 is 0.696 bits per heavy atom. The van der Waals surface area contributed by atoms with Gasteiger partial charge in [-0.1, -0.05) is 103 Å². The lowest BCUT2D eigenvalue weighted by atomic mass is 10.0. The van der Waals surface area contributed by atoms with Crippen LogP contribution in [0.25, 0.3) is 0 Å². The molecule has 23 heavy (non-hydrogen) atoms. The second kappa shape index (κ2) is 19.0. The number of esters is 1. The molecule has 0 aliphatic heterocycles. The predicted molar refractivity (Wildman–Crippen MR) is 96.1 cm³/mol. The lowest BCUT2D eigenvalue weighted by Crippen LogP contribution is -2.02. The third-order valence-corrected chi connectivity index (χ3v) is 4.32. The summed E-state index contributed by atoms with van der Waals surface area (Å²) in [6.45, 7) is 2.67. The Bertz CT molecular complexity index is 297. The van der Waals surface area contributed by atoms with E-state index in [2.05, 4.69) is 6.92 Å². The van der Waals surface area contributed by atoms with Crippen LogP contribution in [0.5, 0.6) is 0 Å². The van der Waals surface area contributed by atoms with Crippen LogP contribution in [0, 0.1) is 11.3 Å². The SMILES string of the molecule is CCCCCCCCCCCCCCCCCCOC(=O)C#N. The number of nitrogens with zero attached hydrogens (tertiary/aromatic N) is 1. The Balaban J connectivity index is 3.00. The van der Waals surface area contributed by atoms with E-state index in [0.29, 0.717) is 6.61 Å². The van der Waals surface area contributed by atoms with E-state index in [1.54, 1.807) is 0 Å². The lowest BCUT2D eigenvalue weighted by molar-refractivity contribution is -0.137. The van der Waals surface area contributed by atoms with E-state index in [4.69, 9.17) is 10.00 Å². The molecule has 0 bridgehead atoms. The number of nitriles is 1. The van der Waals surface area contributed by atoms with E-state index in [1.807, 2.05) is 0 Å².